The third-order valence-electron chi connectivity index (χ3n) is 2.71. The fourth-order valence-corrected chi connectivity index (χ4v) is 1.94. The monoisotopic (exact) mass is 185 g/mol. The summed E-state index contributed by atoms with van der Waals surface area (Å²) in [4.78, 5) is 2.48. The van der Waals surface area contributed by atoms with Gasteiger partial charge in [-0.1, -0.05) is 0 Å². The van der Waals surface area contributed by atoms with Gasteiger partial charge >= 0.3 is 0 Å². The number of rotatable bonds is 2. The number of morpholine rings is 1. The maximum absolute atomic E-state index is 5.31. The minimum absolute atomic E-state index is 0.631. The van der Waals surface area contributed by atoms with Gasteiger partial charge in [0.15, 0.2) is 0 Å². The number of hydrogen-bond acceptors (Lipinski definition) is 4. The van der Waals surface area contributed by atoms with Crippen LogP contribution in [0.2, 0.25) is 0 Å². The van der Waals surface area contributed by atoms with Crippen molar-refractivity contribution < 1.29 is 4.74 Å². The summed E-state index contributed by atoms with van der Waals surface area (Å²) in [6.45, 7) is 8.49. The van der Waals surface area contributed by atoms with Gasteiger partial charge in [0.05, 0.1) is 13.2 Å². The molecule has 0 spiro atoms. The predicted molar refractivity (Wildman–Crippen MR) is 51.9 cm³/mol. The van der Waals surface area contributed by atoms with E-state index in [2.05, 4.69) is 15.5 Å². The number of hydrogen-bond donors (Lipinski definition) is 2. The fourth-order valence-electron chi connectivity index (χ4n) is 1.94. The maximum Gasteiger partial charge on any atom is 0.0594 e. The Hall–Kier alpha value is -0.160. The molecule has 76 valence electrons. The zero-order valence-electron chi connectivity index (χ0n) is 8.09. The molecule has 2 aliphatic rings. The van der Waals surface area contributed by atoms with E-state index in [1.54, 1.807) is 0 Å². The lowest BCUT2D eigenvalue weighted by Crippen LogP contribution is -2.54. The lowest BCUT2D eigenvalue weighted by Gasteiger charge is -2.32. The van der Waals surface area contributed by atoms with E-state index in [0.717, 1.165) is 52.5 Å². The van der Waals surface area contributed by atoms with Crippen molar-refractivity contribution in [2.24, 2.45) is 0 Å². The first-order valence-electron chi connectivity index (χ1n) is 5.19. The van der Waals surface area contributed by atoms with Gasteiger partial charge in [-0.15, -0.1) is 0 Å². The van der Waals surface area contributed by atoms with Crippen LogP contribution < -0.4 is 10.6 Å². The summed E-state index contributed by atoms with van der Waals surface area (Å²) in [7, 11) is 0. The average molecular weight is 185 g/mol. The fraction of sp³-hybridized carbons (Fsp3) is 1.00. The molecule has 0 aromatic rings. The van der Waals surface area contributed by atoms with Crippen molar-refractivity contribution in [2.75, 3.05) is 52.5 Å². The van der Waals surface area contributed by atoms with Crippen LogP contribution in [0.15, 0.2) is 0 Å². The summed E-state index contributed by atoms with van der Waals surface area (Å²) in [5.41, 5.74) is 0. The van der Waals surface area contributed by atoms with Crippen molar-refractivity contribution in [3.63, 3.8) is 0 Å². The smallest absolute Gasteiger partial charge is 0.0594 e. The molecule has 13 heavy (non-hydrogen) atoms. The third-order valence-corrected chi connectivity index (χ3v) is 2.71. The van der Waals surface area contributed by atoms with Crippen LogP contribution >= 0.6 is 0 Å². The van der Waals surface area contributed by atoms with E-state index < -0.39 is 0 Å². The Bertz CT molecular complexity index is 126. The van der Waals surface area contributed by atoms with Crippen molar-refractivity contribution in [1.29, 1.82) is 0 Å². The van der Waals surface area contributed by atoms with Gasteiger partial charge in [-0.2, -0.15) is 0 Å². The zero-order chi connectivity index (χ0) is 8.93. The van der Waals surface area contributed by atoms with Crippen LogP contribution in [0, 0.1) is 0 Å². The van der Waals surface area contributed by atoms with E-state index in [1.165, 1.54) is 0 Å². The molecule has 0 saturated carbocycles. The highest BCUT2D eigenvalue weighted by Gasteiger charge is 2.17. The number of piperazine rings is 1. The molecule has 2 aliphatic heterocycles. The second-order valence-electron chi connectivity index (χ2n) is 3.77. The predicted octanol–water partition coefficient (Wildman–Crippen LogP) is -1.12. The highest BCUT2D eigenvalue weighted by Crippen LogP contribution is 1.99. The van der Waals surface area contributed by atoms with Crippen molar-refractivity contribution in [3.8, 4) is 0 Å². The summed E-state index contributed by atoms with van der Waals surface area (Å²) in [5, 5.41) is 6.93. The SMILES string of the molecule is C1CN[C@@H](CN2CCOCC2)CN1. The van der Waals surface area contributed by atoms with E-state index in [9.17, 15) is 0 Å². The van der Waals surface area contributed by atoms with Gasteiger partial charge in [-0.05, 0) is 0 Å². The van der Waals surface area contributed by atoms with Crippen molar-refractivity contribution in [3.05, 3.63) is 0 Å². The van der Waals surface area contributed by atoms with Gasteiger partial charge in [-0.25, -0.2) is 0 Å². The minimum Gasteiger partial charge on any atom is -0.379 e. The highest BCUT2D eigenvalue weighted by molar-refractivity contribution is 4.79. The molecule has 0 amide bonds. The van der Waals surface area contributed by atoms with Crippen LogP contribution in [0.3, 0.4) is 0 Å². The quantitative estimate of drug-likeness (QED) is 0.571. The molecule has 2 rings (SSSR count). The first-order valence-corrected chi connectivity index (χ1v) is 5.19. The van der Waals surface area contributed by atoms with Crippen LogP contribution in [0.4, 0.5) is 0 Å². The van der Waals surface area contributed by atoms with Gasteiger partial charge in [0, 0.05) is 45.3 Å². The molecule has 4 nitrogen and oxygen atoms in total. The highest BCUT2D eigenvalue weighted by atomic mass is 16.5. The van der Waals surface area contributed by atoms with Gasteiger partial charge in [0.2, 0.25) is 0 Å². The van der Waals surface area contributed by atoms with E-state index in [4.69, 9.17) is 4.74 Å². The van der Waals surface area contributed by atoms with E-state index >= 15 is 0 Å². The molecule has 0 aliphatic carbocycles. The lowest BCUT2D eigenvalue weighted by atomic mass is 10.2. The molecule has 2 N–H and O–H groups in total. The van der Waals surface area contributed by atoms with Gasteiger partial charge in [-0.3, -0.25) is 4.90 Å². The molecule has 0 bridgehead atoms. The molecule has 2 saturated heterocycles. The topological polar surface area (TPSA) is 36.5 Å². The van der Waals surface area contributed by atoms with Crippen molar-refractivity contribution >= 4 is 0 Å². The molecule has 1 atom stereocenters. The van der Waals surface area contributed by atoms with Gasteiger partial charge in [0.1, 0.15) is 0 Å². The molecule has 4 heteroatoms. The largest absolute Gasteiger partial charge is 0.379 e. The van der Waals surface area contributed by atoms with Gasteiger partial charge in [0.25, 0.3) is 0 Å². The summed E-state index contributed by atoms with van der Waals surface area (Å²) in [6, 6.07) is 0.631. The summed E-state index contributed by atoms with van der Waals surface area (Å²) >= 11 is 0. The molecular formula is C9H19N3O. The van der Waals surface area contributed by atoms with Crippen molar-refractivity contribution in [1.82, 2.24) is 15.5 Å². The Morgan fingerprint density at radius 2 is 2.08 bits per heavy atom. The number of nitrogens with zero attached hydrogens (tertiary/aromatic N) is 1. The Morgan fingerprint density at radius 1 is 1.23 bits per heavy atom. The Morgan fingerprint density at radius 3 is 2.77 bits per heavy atom. The second-order valence-corrected chi connectivity index (χ2v) is 3.77. The normalized spacial score (nSPS) is 31.8. The third kappa shape index (κ3) is 2.91. The van der Waals surface area contributed by atoms with E-state index in [-0.39, 0.29) is 0 Å². The molecule has 0 aromatic heterocycles. The Labute approximate surface area is 79.6 Å². The summed E-state index contributed by atoms with van der Waals surface area (Å²) in [6.07, 6.45) is 0. The molecule has 0 unspecified atom stereocenters. The van der Waals surface area contributed by atoms with Crippen LogP contribution in [0.5, 0.6) is 0 Å². The zero-order valence-corrected chi connectivity index (χ0v) is 8.09. The first kappa shape index (κ1) is 9.40. The Balaban J connectivity index is 1.69. The Kier molecular flexibility index (Phi) is 3.55. The number of nitrogens with one attached hydrogen (secondary N) is 2. The van der Waals surface area contributed by atoms with Gasteiger partial charge < -0.3 is 15.4 Å². The first-order chi connectivity index (χ1) is 6.45. The molecular weight excluding hydrogens is 166 g/mol. The van der Waals surface area contributed by atoms with Crippen molar-refractivity contribution in [2.45, 2.75) is 6.04 Å². The molecule has 0 aromatic carbocycles. The van der Waals surface area contributed by atoms with E-state index in [0.29, 0.717) is 6.04 Å². The molecule has 0 radical (unpaired) electrons. The molecule has 2 fully saturated rings. The second kappa shape index (κ2) is 4.91. The van der Waals surface area contributed by atoms with Crippen LogP contribution in [-0.2, 0) is 4.74 Å². The van der Waals surface area contributed by atoms with E-state index in [1.807, 2.05) is 0 Å². The minimum atomic E-state index is 0.631. The standard InChI is InChI=1S/C9H19N3O/c1-2-11-9(7-10-1)8-12-3-5-13-6-4-12/h9-11H,1-8H2/t9-/m1/s1. The van der Waals surface area contributed by atoms with Crippen LogP contribution in [0.1, 0.15) is 0 Å². The summed E-state index contributed by atoms with van der Waals surface area (Å²) in [5.74, 6) is 0. The average Bonchev–Trinajstić information content (AvgIpc) is 2.21. The molecule has 2 heterocycles. The van der Waals surface area contributed by atoms with Crippen LogP contribution in [0.25, 0.3) is 0 Å². The van der Waals surface area contributed by atoms with Crippen LogP contribution in [-0.4, -0.2) is 63.4 Å². The maximum atomic E-state index is 5.31. The lowest BCUT2D eigenvalue weighted by molar-refractivity contribution is 0.0328. The summed E-state index contributed by atoms with van der Waals surface area (Å²) < 4.78 is 5.31. The number of ether oxygens (including phenoxy) is 1.